The number of nitrogens with zero attached hydrogens (tertiary/aromatic N) is 3. The molecule has 29 heavy (non-hydrogen) atoms. The summed E-state index contributed by atoms with van der Waals surface area (Å²) in [4.78, 5) is 13.6. The number of para-hydroxylation sites is 1. The van der Waals surface area contributed by atoms with Gasteiger partial charge in [0, 0.05) is 5.39 Å². The summed E-state index contributed by atoms with van der Waals surface area (Å²) in [7, 11) is -3.50. The van der Waals surface area contributed by atoms with Crippen LogP contribution in [0.15, 0.2) is 58.4 Å². The fourth-order valence-electron chi connectivity index (χ4n) is 3.82. The summed E-state index contributed by atoms with van der Waals surface area (Å²) in [5, 5.41) is 4.94. The Kier molecular flexibility index (Phi) is 5.24. The predicted octanol–water partition coefficient (Wildman–Crippen LogP) is 0.560. The van der Waals surface area contributed by atoms with Crippen molar-refractivity contribution < 1.29 is 13.3 Å². The lowest BCUT2D eigenvalue weighted by atomic mass is 10.2. The van der Waals surface area contributed by atoms with Gasteiger partial charge < -0.3 is 4.90 Å². The van der Waals surface area contributed by atoms with E-state index in [0.717, 1.165) is 16.6 Å². The van der Waals surface area contributed by atoms with E-state index in [0.29, 0.717) is 43.1 Å². The number of rotatable bonds is 4. The molecule has 7 nitrogen and oxygen atoms in total. The van der Waals surface area contributed by atoms with Crippen molar-refractivity contribution in [3.05, 3.63) is 70.0 Å². The van der Waals surface area contributed by atoms with Gasteiger partial charge in [0.25, 0.3) is 0 Å². The molecular formula is C21H25N4O3S+. The number of aryl methyl sites for hydroxylation is 2. The van der Waals surface area contributed by atoms with Gasteiger partial charge in [-0.2, -0.15) is 9.40 Å². The molecule has 1 N–H and O–H groups in total. The first-order valence-corrected chi connectivity index (χ1v) is 11.2. The lowest BCUT2D eigenvalue weighted by molar-refractivity contribution is -0.926. The van der Waals surface area contributed by atoms with E-state index in [1.54, 1.807) is 16.4 Å². The van der Waals surface area contributed by atoms with Crippen LogP contribution in [0.1, 0.15) is 11.1 Å². The standard InChI is InChI=1S/C21H24N4O3S/c1-16-7-8-17(2)21(13-16)29(27,28)24-11-9-23(10-12-24)15-25-19-6-4-3-5-18(19)20(26)14-22-25/h3-8,13-14H,9-12,15H2,1-2H3/p+1. The Balaban J connectivity index is 1.50. The summed E-state index contributed by atoms with van der Waals surface area (Å²) < 4.78 is 29.6. The van der Waals surface area contributed by atoms with Crippen molar-refractivity contribution in [3.63, 3.8) is 0 Å². The second-order valence-electron chi connectivity index (χ2n) is 7.61. The largest absolute Gasteiger partial charge is 0.314 e. The van der Waals surface area contributed by atoms with Crippen LogP contribution in [-0.2, 0) is 16.7 Å². The number of hydrogen-bond acceptors (Lipinski definition) is 4. The smallest absolute Gasteiger partial charge is 0.243 e. The number of hydrogen-bond donors (Lipinski definition) is 1. The summed E-state index contributed by atoms with van der Waals surface area (Å²) in [5.41, 5.74) is 2.43. The van der Waals surface area contributed by atoms with Crippen molar-refractivity contribution in [2.75, 3.05) is 26.2 Å². The number of fused-ring (bicyclic) bond motifs is 1. The molecule has 0 radical (unpaired) electrons. The van der Waals surface area contributed by atoms with Gasteiger partial charge in [0.2, 0.25) is 15.5 Å². The third kappa shape index (κ3) is 3.83. The Labute approximate surface area is 170 Å². The van der Waals surface area contributed by atoms with Crippen molar-refractivity contribution >= 4 is 20.9 Å². The monoisotopic (exact) mass is 413 g/mol. The summed E-state index contributed by atoms with van der Waals surface area (Å²) in [5.74, 6) is 0. The Morgan fingerprint density at radius 3 is 2.55 bits per heavy atom. The highest BCUT2D eigenvalue weighted by atomic mass is 32.2. The van der Waals surface area contributed by atoms with E-state index in [1.807, 2.05) is 48.9 Å². The minimum absolute atomic E-state index is 0.0868. The molecule has 0 bridgehead atoms. The molecule has 0 spiro atoms. The average Bonchev–Trinajstić information content (AvgIpc) is 2.72. The SMILES string of the molecule is Cc1ccc(C)c(S(=O)(=O)N2CC[NH+](Cn3ncc(=O)c4ccccc43)CC2)c1. The van der Waals surface area contributed by atoms with Gasteiger partial charge >= 0.3 is 0 Å². The molecule has 1 aliphatic heterocycles. The van der Waals surface area contributed by atoms with Gasteiger partial charge in [-0.05, 0) is 43.2 Å². The maximum Gasteiger partial charge on any atom is 0.243 e. The van der Waals surface area contributed by atoms with Gasteiger partial charge in [-0.25, -0.2) is 13.1 Å². The minimum Gasteiger partial charge on any atom is -0.314 e. The molecule has 2 heterocycles. The molecule has 152 valence electrons. The molecule has 2 aromatic carbocycles. The molecule has 8 heteroatoms. The first-order chi connectivity index (χ1) is 13.9. The van der Waals surface area contributed by atoms with Crippen LogP contribution in [0.5, 0.6) is 0 Å². The van der Waals surface area contributed by atoms with Gasteiger partial charge in [-0.15, -0.1) is 0 Å². The van der Waals surface area contributed by atoms with E-state index < -0.39 is 10.0 Å². The third-order valence-corrected chi connectivity index (χ3v) is 7.57. The van der Waals surface area contributed by atoms with E-state index in [4.69, 9.17) is 0 Å². The fourth-order valence-corrected chi connectivity index (χ4v) is 5.58. The van der Waals surface area contributed by atoms with Crippen LogP contribution in [0.4, 0.5) is 0 Å². The summed E-state index contributed by atoms with van der Waals surface area (Å²) in [6, 6.07) is 13.0. The van der Waals surface area contributed by atoms with Crippen LogP contribution in [0.2, 0.25) is 0 Å². The van der Waals surface area contributed by atoms with Gasteiger partial charge in [0.1, 0.15) is 0 Å². The van der Waals surface area contributed by atoms with E-state index in [2.05, 4.69) is 5.10 Å². The van der Waals surface area contributed by atoms with Crippen molar-refractivity contribution in [2.45, 2.75) is 25.4 Å². The Morgan fingerprint density at radius 2 is 1.79 bits per heavy atom. The van der Waals surface area contributed by atoms with Gasteiger partial charge in [0.05, 0.1) is 42.8 Å². The zero-order valence-electron chi connectivity index (χ0n) is 16.6. The fraction of sp³-hybridized carbons (Fsp3) is 0.333. The summed E-state index contributed by atoms with van der Waals surface area (Å²) >= 11 is 0. The van der Waals surface area contributed by atoms with Crippen molar-refractivity contribution in [3.8, 4) is 0 Å². The van der Waals surface area contributed by atoms with Crippen molar-refractivity contribution in [1.29, 1.82) is 0 Å². The summed E-state index contributed by atoms with van der Waals surface area (Å²) in [6.45, 7) is 6.63. The number of benzene rings is 2. The number of aromatic nitrogens is 2. The van der Waals surface area contributed by atoms with E-state index in [9.17, 15) is 13.2 Å². The highest BCUT2D eigenvalue weighted by molar-refractivity contribution is 7.89. The second-order valence-corrected chi connectivity index (χ2v) is 9.51. The van der Waals surface area contributed by atoms with Crippen LogP contribution in [0.3, 0.4) is 0 Å². The van der Waals surface area contributed by atoms with Crippen molar-refractivity contribution in [2.24, 2.45) is 0 Å². The maximum absolute atomic E-state index is 13.1. The van der Waals surface area contributed by atoms with Crippen LogP contribution in [-0.4, -0.2) is 48.7 Å². The molecule has 0 amide bonds. The molecule has 0 unspecified atom stereocenters. The van der Waals surface area contributed by atoms with E-state index >= 15 is 0 Å². The molecule has 3 aromatic rings. The number of sulfonamides is 1. The van der Waals surface area contributed by atoms with Gasteiger partial charge in [-0.3, -0.25) is 4.79 Å². The van der Waals surface area contributed by atoms with Crippen LogP contribution in [0.25, 0.3) is 10.9 Å². The molecular weight excluding hydrogens is 388 g/mol. The highest BCUT2D eigenvalue weighted by Gasteiger charge is 2.31. The lowest BCUT2D eigenvalue weighted by Crippen LogP contribution is -3.14. The number of nitrogens with one attached hydrogen (secondary N) is 1. The molecule has 1 saturated heterocycles. The van der Waals surface area contributed by atoms with Gasteiger partial charge in [-0.1, -0.05) is 24.3 Å². The highest BCUT2D eigenvalue weighted by Crippen LogP contribution is 2.21. The minimum atomic E-state index is -3.50. The Bertz CT molecular complexity index is 1210. The van der Waals surface area contributed by atoms with Gasteiger partial charge in [0.15, 0.2) is 6.67 Å². The number of piperazine rings is 1. The first kappa shape index (κ1) is 19.8. The molecule has 1 aliphatic rings. The number of quaternary nitrogens is 1. The van der Waals surface area contributed by atoms with Crippen LogP contribution < -0.4 is 10.3 Å². The van der Waals surface area contributed by atoms with Crippen LogP contribution >= 0.6 is 0 Å². The van der Waals surface area contributed by atoms with Crippen LogP contribution in [0, 0.1) is 13.8 Å². The molecule has 0 atom stereocenters. The predicted molar refractivity (Wildman–Crippen MR) is 111 cm³/mol. The zero-order valence-corrected chi connectivity index (χ0v) is 17.4. The summed E-state index contributed by atoms with van der Waals surface area (Å²) in [6.07, 6.45) is 1.35. The molecule has 1 fully saturated rings. The quantitative estimate of drug-likeness (QED) is 0.678. The van der Waals surface area contributed by atoms with Crippen molar-refractivity contribution in [1.82, 2.24) is 14.1 Å². The molecule has 0 saturated carbocycles. The third-order valence-electron chi connectivity index (χ3n) is 5.53. The zero-order chi connectivity index (χ0) is 20.6. The van der Waals surface area contributed by atoms with E-state index in [1.165, 1.54) is 11.1 Å². The average molecular weight is 414 g/mol. The Hall–Kier alpha value is -2.55. The second kappa shape index (κ2) is 7.70. The maximum atomic E-state index is 13.1. The van der Waals surface area contributed by atoms with E-state index in [-0.39, 0.29) is 5.43 Å². The Morgan fingerprint density at radius 1 is 1.07 bits per heavy atom. The normalized spacial score (nSPS) is 16.3. The molecule has 1 aromatic heterocycles. The first-order valence-electron chi connectivity index (χ1n) is 9.72. The molecule has 4 rings (SSSR count). The lowest BCUT2D eigenvalue weighted by Gasteiger charge is -2.32. The topological polar surface area (TPSA) is 76.7 Å². The molecule has 0 aliphatic carbocycles.